The van der Waals surface area contributed by atoms with Crippen molar-refractivity contribution in [1.29, 1.82) is 5.26 Å². The van der Waals surface area contributed by atoms with Crippen LogP contribution in [0.3, 0.4) is 0 Å². The number of nitrogens with zero attached hydrogens (tertiary/aromatic N) is 1. The van der Waals surface area contributed by atoms with Crippen LogP contribution >= 0.6 is 0 Å². The molecule has 0 atom stereocenters. The van der Waals surface area contributed by atoms with Crippen LogP contribution in [0.5, 0.6) is 5.75 Å². The third kappa shape index (κ3) is 3.83. The number of hydrogen-bond acceptors (Lipinski definition) is 6. The van der Waals surface area contributed by atoms with Gasteiger partial charge in [0.15, 0.2) is 0 Å². The zero-order valence-corrected chi connectivity index (χ0v) is 15.4. The van der Waals surface area contributed by atoms with E-state index in [1.54, 1.807) is 30.3 Å². The van der Waals surface area contributed by atoms with E-state index in [2.05, 4.69) is 11.1 Å². The molecule has 0 saturated carbocycles. The third-order valence-electron chi connectivity index (χ3n) is 4.33. The Bertz CT molecular complexity index is 1260. The zero-order chi connectivity index (χ0) is 21.8. The van der Waals surface area contributed by atoms with Crippen LogP contribution in [-0.2, 0) is 6.61 Å². The molecule has 2 aromatic carbocycles. The SMILES string of the molecule is N#Cc1ccccc1COc1cccc(-c2c(C(=O)O)c(N)[nH]c(=O)c2C(=O)O)c1. The number of aromatic amines is 1. The number of rotatable bonds is 6. The maximum atomic E-state index is 12.1. The van der Waals surface area contributed by atoms with Gasteiger partial charge in [-0.1, -0.05) is 30.3 Å². The van der Waals surface area contributed by atoms with Crippen LogP contribution in [0.15, 0.2) is 53.3 Å². The van der Waals surface area contributed by atoms with Gasteiger partial charge in [0.05, 0.1) is 11.6 Å². The predicted octanol–water partition coefficient (Wildman–Crippen LogP) is 2.47. The molecule has 0 saturated heterocycles. The molecule has 150 valence electrons. The molecule has 3 aromatic rings. The summed E-state index contributed by atoms with van der Waals surface area (Å²) in [6.07, 6.45) is 0. The maximum absolute atomic E-state index is 12.1. The number of nitrogen functional groups attached to an aromatic ring is 1. The minimum Gasteiger partial charge on any atom is -0.489 e. The Morgan fingerprint density at radius 2 is 1.77 bits per heavy atom. The summed E-state index contributed by atoms with van der Waals surface area (Å²) >= 11 is 0. The van der Waals surface area contributed by atoms with Crippen LogP contribution in [0.4, 0.5) is 5.82 Å². The van der Waals surface area contributed by atoms with E-state index in [4.69, 9.17) is 15.7 Å². The number of carbonyl (C=O) groups is 2. The molecular weight excluding hydrogens is 390 g/mol. The van der Waals surface area contributed by atoms with Crippen LogP contribution in [-0.4, -0.2) is 27.1 Å². The molecule has 0 spiro atoms. The summed E-state index contributed by atoms with van der Waals surface area (Å²) in [6, 6.07) is 14.9. The Balaban J connectivity index is 2.08. The molecule has 30 heavy (non-hydrogen) atoms. The zero-order valence-electron chi connectivity index (χ0n) is 15.4. The molecule has 9 heteroatoms. The van der Waals surface area contributed by atoms with Crippen molar-refractivity contribution in [2.24, 2.45) is 0 Å². The van der Waals surface area contributed by atoms with Gasteiger partial charge in [0.2, 0.25) is 0 Å². The van der Waals surface area contributed by atoms with E-state index >= 15 is 0 Å². The number of ether oxygens (including phenoxy) is 1. The lowest BCUT2D eigenvalue weighted by molar-refractivity contribution is 0.0695. The van der Waals surface area contributed by atoms with E-state index in [0.717, 1.165) is 0 Å². The van der Waals surface area contributed by atoms with Crippen molar-refractivity contribution in [3.8, 4) is 22.9 Å². The lowest BCUT2D eigenvalue weighted by Crippen LogP contribution is -2.24. The number of anilines is 1. The summed E-state index contributed by atoms with van der Waals surface area (Å²) in [5.74, 6) is -3.26. The van der Waals surface area contributed by atoms with Gasteiger partial charge in [-0.15, -0.1) is 0 Å². The molecule has 1 aromatic heterocycles. The van der Waals surface area contributed by atoms with Gasteiger partial charge in [0.1, 0.15) is 29.3 Å². The summed E-state index contributed by atoms with van der Waals surface area (Å²) < 4.78 is 5.69. The summed E-state index contributed by atoms with van der Waals surface area (Å²) in [5, 5.41) is 28.2. The number of nitriles is 1. The molecule has 5 N–H and O–H groups in total. The normalized spacial score (nSPS) is 10.2. The van der Waals surface area contributed by atoms with Gasteiger partial charge in [0.25, 0.3) is 5.56 Å². The van der Waals surface area contributed by atoms with Crippen LogP contribution in [0.25, 0.3) is 11.1 Å². The fourth-order valence-electron chi connectivity index (χ4n) is 2.99. The summed E-state index contributed by atoms with van der Waals surface area (Å²) in [6.45, 7) is 0.0578. The molecule has 0 fully saturated rings. The number of aromatic nitrogens is 1. The second-order valence-electron chi connectivity index (χ2n) is 6.19. The molecular formula is C21H15N3O6. The number of pyridine rings is 1. The number of aromatic carboxylic acids is 2. The first-order chi connectivity index (χ1) is 14.3. The first kappa shape index (κ1) is 20.2. The molecule has 0 aliphatic carbocycles. The van der Waals surface area contributed by atoms with E-state index in [0.29, 0.717) is 11.1 Å². The highest BCUT2D eigenvalue weighted by Gasteiger charge is 2.26. The number of carboxylic acid groups (broad SMARTS) is 2. The summed E-state index contributed by atoms with van der Waals surface area (Å²) in [7, 11) is 0. The number of H-pyrrole nitrogens is 1. The van der Waals surface area contributed by atoms with Crippen LogP contribution in [0.2, 0.25) is 0 Å². The fourth-order valence-corrected chi connectivity index (χ4v) is 2.99. The van der Waals surface area contributed by atoms with Gasteiger partial charge < -0.3 is 25.7 Å². The van der Waals surface area contributed by atoms with Gasteiger partial charge in [0, 0.05) is 11.1 Å². The number of benzene rings is 2. The van der Waals surface area contributed by atoms with Crippen molar-refractivity contribution in [3.05, 3.63) is 81.1 Å². The van der Waals surface area contributed by atoms with Crippen molar-refractivity contribution >= 4 is 17.8 Å². The average molecular weight is 405 g/mol. The quantitative estimate of drug-likeness (QED) is 0.485. The fraction of sp³-hybridized carbons (Fsp3) is 0.0476. The van der Waals surface area contributed by atoms with Crippen molar-refractivity contribution in [2.45, 2.75) is 6.61 Å². The molecule has 3 rings (SSSR count). The topological polar surface area (TPSA) is 166 Å². The highest BCUT2D eigenvalue weighted by molar-refractivity contribution is 6.07. The van der Waals surface area contributed by atoms with Crippen LogP contribution in [0.1, 0.15) is 31.8 Å². The van der Waals surface area contributed by atoms with Crippen molar-refractivity contribution < 1.29 is 24.5 Å². The monoisotopic (exact) mass is 405 g/mol. The largest absolute Gasteiger partial charge is 0.489 e. The number of carboxylic acids is 2. The molecule has 0 aliphatic rings. The standard InChI is InChI=1S/C21H15N3O6/c22-9-12-4-1-2-5-13(12)10-30-14-7-3-6-11(8-14)15-16(20(26)27)18(23)24-19(25)17(15)21(28)29/h1-8H,10H2,(H,26,27)(H,28,29)(H3,23,24,25). The lowest BCUT2D eigenvalue weighted by atomic mass is 9.95. The minimum absolute atomic E-state index is 0.0578. The van der Waals surface area contributed by atoms with Crippen molar-refractivity contribution in [1.82, 2.24) is 4.98 Å². The Morgan fingerprint density at radius 1 is 1.07 bits per heavy atom. The number of nitrogens with one attached hydrogen (secondary N) is 1. The van der Waals surface area contributed by atoms with E-state index < -0.39 is 34.4 Å². The van der Waals surface area contributed by atoms with Gasteiger partial charge in [-0.25, -0.2) is 9.59 Å². The second-order valence-corrected chi connectivity index (χ2v) is 6.19. The second kappa shape index (κ2) is 8.20. The average Bonchev–Trinajstić information content (AvgIpc) is 2.71. The first-order valence-electron chi connectivity index (χ1n) is 8.57. The van der Waals surface area contributed by atoms with Crippen molar-refractivity contribution in [3.63, 3.8) is 0 Å². The molecule has 0 amide bonds. The van der Waals surface area contributed by atoms with Gasteiger partial charge in [-0.05, 0) is 23.8 Å². The van der Waals surface area contributed by atoms with Gasteiger partial charge in [-0.2, -0.15) is 5.26 Å². The Labute approximate surface area is 169 Å². The molecule has 1 heterocycles. The van der Waals surface area contributed by atoms with Gasteiger partial charge >= 0.3 is 11.9 Å². The minimum atomic E-state index is -1.59. The van der Waals surface area contributed by atoms with E-state index in [9.17, 15) is 24.6 Å². The van der Waals surface area contributed by atoms with Crippen LogP contribution < -0.4 is 16.0 Å². The first-order valence-corrected chi connectivity index (χ1v) is 8.57. The summed E-state index contributed by atoms with van der Waals surface area (Å²) in [4.78, 5) is 37.6. The van der Waals surface area contributed by atoms with E-state index in [1.165, 1.54) is 18.2 Å². The molecule has 0 aliphatic heterocycles. The van der Waals surface area contributed by atoms with Gasteiger partial charge in [-0.3, -0.25) is 4.79 Å². The molecule has 9 nitrogen and oxygen atoms in total. The third-order valence-corrected chi connectivity index (χ3v) is 4.33. The number of nitrogens with two attached hydrogens (primary N) is 1. The molecule has 0 unspecified atom stereocenters. The summed E-state index contributed by atoms with van der Waals surface area (Å²) in [5.41, 5.74) is 4.25. The number of hydrogen-bond donors (Lipinski definition) is 4. The highest BCUT2D eigenvalue weighted by atomic mass is 16.5. The Morgan fingerprint density at radius 3 is 2.43 bits per heavy atom. The predicted molar refractivity (Wildman–Crippen MR) is 106 cm³/mol. The Hall–Kier alpha value is -4.58. The molecule has 0 radical (unpaired) electrons. The maximum Gasteiger partial charge on any atom is 0.342 e. The molecule has 0 bridgehead atoms. The van der Waals surface area contributed by atoms with Crippen molar-refractivity contribution in [2.75, 3.05) is 5.73 Å². The highest BCUT2D eigenvalue weighted by Crippen LogP contribution is 2.31. The van der Waals surface area contributed by atoms with E-state index in [1.807, 2.05) is 0 Å². The lowest BCUT2D eigenvalue weighted by Gasteiger charge is -2.14. The van der Waals surface area contributed by atoms with Crippen LogP contribution in [0, 0.1) is 11.3 Å². The Kier molecular flexibility index (Phi) is 5.51. The smallest absolute Gasteiger partial charge is 0.342 e. The van der Waals surface area contributed by atoms with E-state index in [-0.39, 0.29) is 23.5 Å².